The molecular formula is C15H13BrNO5PS. The molecule has 24 heavy (non-hydrogen) atoms. The van der Waals surface area contributed by atoms with Crippen molar-refractivity contribution < 1.29 is 22.4 Å². The fourth-order valence-corrected chi connectivity index (χ4v) is 4.59. The molecule has 0 aliphatic heterocycles. The second kappa shape index (κ2) is 6.82. The Hall–Kier alpha value is -1.44. The lowest BCUT2D eigenvalue weighted by Gasteiger charge is -2.12. The van der Waals surface area contributed by atoms with E-state index in [0.29, 0.717) is 10.9 Å². The number of halogens is 1. The maximum atomic E-state index is 13.0. The maximum absolute atomic E-state index is 13.0. The smallest absolute Gasteiger partial charge is 0.316 e. The summed E-state index contributed by atoms with van der Waals surface area (Å²) in [4.78, 5) is 9.03. The molecule has 0 saturated heterocycles. The molecule has 1 heterocycles. The van der Waals surface area contributed by atoms with Gasteiger partial charge in [0.05, 0.1) is 22.7 Å². The minimum atomic E-state index is -3.87. The highest BCUT2D eigenvalue weighted by atomic mass is 79.9. The van der Waals surface area contributed by atoms with Gasteiger partial charge in [-0.25, -0.2) is 12.4 Å². The van der Waals surface area contributed by atoms with Crippen LogP contribution in [0.4, 0.5) is 0 Å². The quantitative estimate of drug-likeness (QED) is 0.626. The van der Waals surface area contributed by atoms with Crippen LogP contribution in [0.3, 0.4) is 0 Å². The van der Waals surface area contributed by atoms with Gasteiger partial charge in [0.25, 0.3) is 10.0 Å². The Morgan fingerprint density at radius 1 is 1.12 bits per heavy atom. The van der Waals surface area contributed by atoms with Gasteiger partial charge in [-0.15, -0.1) is 0 Å². The predicted octanol–water partition coefficient (Wildman–Crippen LogP) is 3.54. The van der Waals surface area contributed by atoms with Crippen LogP contribution in [0.25, 0.3) is 10.9 Å². The minimum Gasteiger partial charge on any atom is -0.326 e. The van der Waals surface area contributed by atoms with Crippen LogP contribution in [0.2, 0.25) is 0 Å². The van der Waals surface area contributed by atoms with E-state index in [4.69, 9.17) is 9.42 Å². The predicted molar refractivity (Wildman–Crippen MR) is 94.7 cm³/mol. The lowest BCUT2D eigenvalue weighted by molar-refractivity contribution is 0.268. The molecule has 0 radical (unpaired) electrons. The number of hydrogen-bond donors (Lipinski definition) is 1. The van der Waals surface area contributed by atoms with Crippen molar-refractivity contribution in [1.82, 2.24) is 3.97 Å². The molecule has 0 bridgehead atoms. The Labute approximate surface area is 147 Å². The lowest BCUT2D eigenvalue weighted by Crippen LogP contribution is -2.15. The van der Waals surface area contributed by atoms with E-state index in [9.17, 15) is 13.0 Å². The highest BCUT2D eigenvalue weighted by Crippen LogP contribution is 2.30. The number of benzene rings is 2. The van der Waals surface area contributed by atoms with Crippen molar-refractivity contribution >= 4 is 45.1 Å². The molecular weight excluding hydrogens is 417 g/mol. The second-order valence-corrected chi connectivity index (χ2v) is 8.50. The van der Waals surface area contributed by atoms with Crippen molar-refractivity contribution in [2.45, 2.75) is 11.5 Å². The molecule has 1 atom stereocenters. The van der Waals surface area contributed by atoms with Crippen LogP contribution in [0.1, 0.15) is 5.69 Å². The van der Waals surface area contributed by atoms with Crippen molar-refractivity contribution in [1.29, 1.82) is 0 Å². The second-order valence-electron chi connectivity index (χ2n) is 4.98. The molecule has 1 aromatic heterocycles. The molecule has 9 heteroatoms. The molecule has 126 valence electrons. The largest absolute Gasteiger partial charge is 0.326 e. The minimum absolute atomic E-state index is 0.125. The molecule has 6 nitrogen and oxygen atoms in total. The summed E-state index contributed by atoms with van der Waals surface area (Å²) < 4.78 is 43.6. The third-order valence-electron chi connectivity index (χ3n) is 3.42. The van der Waals surface area contributed by atoms with Crippen molar-refractivity contribution in [3.63, 3.8) is 0 Å². The van der Waals surface area contributed by atoms with Gasteiger partial charge in [-0.3, -0.25) is 4.57 Å². The average molecular weight is 430 g/mol. The molecule has 0 aliphatic carbocycles. The van der Waals surface area contributed by atoms with Gasteiger partial charge >= 0.3 is 8.25 Å². The van der Waals surface area contributed by atoms with Crippen LogP contribution in [0.5, 0.6) is 0 Å². The van der Waals surface area contributed by atoms with Crippen molar-refractivity contribution in [2.75, 3.05) is 0 Å². The summed E-state index contributed by atoms with van der Waals surface area (Å²) in [6.45, 7) is -0.285. The van der Waals surface area contributed by atoms with Gasteiger partial charge in [-0.1, -0.05) is 40.2 Å². The van der Waals surface area contributed by atoms with E-state index in [0.717, 1.165) is 8.45 Å². The van der Waals surface area contributed by atoms with E-state index in [2.05, 4.69) is 15.9 Å². The third-order valence-corrected chi connectivity index (χ3v) is 6.08. The molecule has 0 spiro atoms. The first kappa shape index (κ1) is 17.4. The average Bonchev–Trinajstić information content (AvgIpc) is 2.92. The van der Waals surface area contributed by atoms with Gasteiger partial charge in [0.2, 0.25) is 0 Å². The molecule has 1 unspecified atom stereocenters. The van der Waals surface area contributed by atoms with Crippen LogP contribution in [-0.2, 0) is 25.7 Å². The molecule has 0 amide bonds. The highest BCUT2D eigenvalue weighted by molar-refractivity contribution is 9.10. The molecule has 1 N–H and O–H groups in total. The zero-order valence-electron chi connectivity index (χ0n) is 12.2. The van der Waals surface area contributed by atoms with E-state index in [1.54, 1.807) is 42.5 Å². The normalized spacial score (nSPS) is 13.2. The van der Waals surface area contributed by atoms with Crippen LogP contribution >= 0.6 is 24.2 Å². The molecule has 0 aliphatic rings. The third kappa shape index (κ3) is 3.34. The number of rotatable bonds is 5. The summed E-state index contributed by atoms with van der Waals surface area (Å²) in [6, 6.07) is 14.9. The fraction of sp³-hybridized carbons (Fsp3) is 0.0667. The van der Waals surface area contributed by atoms with Gasteiger partial charge in [-0.05, 0) is 30.3 Å². The van der Waals surface area contributed by atoms with Gasteiger partial charge in [0, 0.05) is 9.86 Å². The van der Waals surface area contributed by atoms with Crippen LogP contribution in [-0.4, -0.2) is 17.3 Å². The first-order valence-corrected chi connectivity index (χ1v) is 10.4. The van der Waals surface area contributed by atoms with E-state index in [1.165, 1.54) is 12.1 Å². The molecule has 3 aromatic rings. The van der Waals surface area contributed by atoms with Crippen molar-refractivity contribution in [2.24, 2.45) is 0 Å². The fourth-order valence-electron chi connectivity index (χ4n) is 2.43. The Bertz CT molecular complexity index is 1020. The summed E-state index contributed by atoms with van der Waals surface area (Å²) in [7, 11) is -7.04. The summed E-state index contributed by atoms with van der Waals surface area (Å²) >= 11 is 3.34. The van der Waals surface area contributed by atoms with Crippen LogP contribution < -0.4 is 0 Å². The molecule has 2 aromatic carbocycles. The van der Waals surface area contributed by atoms with Crippen molar-refractivity contribution in [3.8, 4) is 0 Å². The number of aromatic nitrogens is 1. The Kier molecular flexibility index (Phi) is 4.94. The van der Waals surface area contributed by atoms with E-state index < -0.39 is 18.3 Å². The van der Waals surface area contributed by atoms with E-state index >= 15 is 0 Å². The highest BCUT2D eigenvalue weighted by Gasteiger charge is 2.23. The lowest BCUT2D eigenvalue weighted by atomic mass is 10.2. The van der Waals surface area contributed by atoms with Gasteiger partial charge in [0.1, 0.15) is 0 Å². The first-order valence-electron chi connectivity index (χ1n) is 6.86. The number of fused-ring (bicyclic) bond motifs is 1. The van der Waals surface area contributed by atoms with Crippen LogP contribution in [0, 0.1) is 0 Å². The Balaban J connectivity index is 2.25. The molecule has 0 fully saturated rings. The monoisotopic (exact) mass is 429 g/mol. The summed E-state index contributed by atoms with van der Waals surface area (Å²) in [5.74, 6) is 0. The Morgan fingerprint density at radius 2 is 1.83 bits per heavy atom. The molecule has 0 saturated carbocycles. The summed E-state index contributed by atoms with van der Waals surface area (Å²) in [5.41, 5.74) is 0.740. The van der Waals surface area contributed by atoms with Gasteiger partial charge in [-0.2, -0.15) is 0 Å². The van der Waals surface area contributed by atoms with E-state index in [-0.39, 0.29) is 17.2 Å². The number of hydrogen-bond acceptors (Lipinski definition) is 4. The maximum Gasteiger partial charge on any atom is 0.316 e. The Morgan fingerprint density at radius 3 is 2.50 bits per heavy atom. The van der Waals surface area contributed by atoms with Crippen LogP contribution in [0.15, 0.2) is 64.0 Å². The standard InChI is InChI=1S/C15H13BrNO5PS/c16-12-7-6-11-8-13(10-22-23(18)19)17(15(11)9-12)24(20,21)14-4-2-1-3-5-14/h1-9,23H,10H2,(H,18,19). The zero-order chi connectivity index (χ0) is 17.3. The molecule has 3 rings (SSSR count). The summed E-state index contributed by atoms with van der Waals surface area (Å²) in [5, 5.41) is 0.689. The topological polar surface area (TPSA) is 85.6 Å². The van der Waals surface area contributed by atoms with Gasteiger partial charge < -0.3 is 9.42 Å². The van der Waals surface area contributed by atoms with Gasteiger partial charge in [0.15, 0.2) is 0 Å². The number of nitrogens with zero attached hydrogens (tertiary/aromatic N) is 1. The zero-order valence-corrected chi connectivity index (χ0v) is 15.6. The van der Waals surface area contributed by atoms with Crippen molar-refractivity contribution in [3.05, 3.63) is 64.8 Å². The van der Waals surface area contributed by atoms with E-state index in [1.807, 2.05) is 0 Å². The summed E-state index contributed by atoms with van der Waals surface area (Å²) in [6.07, 6.45) is 0. The first-order chi connectivity index (χ1) is 11.4. The SMILES string of the molecule is O=[PH](O)OCc1cc2ccc(Br)cc2n1S(=O)(=O)c1ccccc1.